The molecule has 0 aliphatic rings. The maximum absolute atomic E-state index is 9.51. The molecule has 0 saturated carbocycles. The Kier molecular flexibility index (Phi) is 5.32. The molecule has 1 atom stereocenters. The van der Waals surface area contributed by atoms with Crippen LogP contribution in [0, 0.1) is 0 Å². The Bertz CT molecular complexity index is 522. The quantitative estimate of drug-likeness (QED) is 0.807. The first-order chi connectivity index (χ1) is 9.72. The van der Waals surface area contributed by atoms with Crippen LogP contribution in [0.2, 0.25) is 0 Å². The molecular formula is C16H23N3O. The molecule has 0 saturated heterocycles. The zero-order valence-electron chi connectivity index (χ0n) is 12.2. The summed E-state index contributed by atoms with van der Waals surface area (Å²) in [5.41, 5.74) is 3.57. The van der Waals surface area contributed by atoms with Crippen molar-refractivity contribution in [3.63, 3.8) is 0 Å². The average molecular weight is 273 g/mol. The number of benzene rings is 1. The highest BCUT2D eigenvalue weighted by atomic mass is 16.3. The van der Waals surface area contributed by atoms with Crippen LogP contribution in [0.25, 0.3) is 0 Å². The number of nitrogens with zero attached hydrogens (tertiary/aromatic N) is 2. The van der Waals surface area contributed by atoms with Crippen molar-refractivity contribution in [2.75, 3.05) is 6.61 Å². The zero-order chi connectivity index (χ0) is 14.4. The number of rotatable bonds is 7. The Morgan fingerprint density at radius 1 is 1.30 bits per heavy atom. The maximum Gasteiger partial charge on any atom is 0.0666 e. The fourth-order valence-corrected chi connectivity index (χ4v) is 2.38. The van der Waals surface area contributed by atoms with Crippen molar-refractivity contribution in [3.05, 3.63) is 53.3 Å². The minimum atomic E-state index is 0.0716. The van der Waals surface area contributed by atoms with Crippen LogP contribution in [0.3, 0.4) is 0 Å². The SMILES string of the molecule is CCc1nn(C)cc1CNC(CO)Cc1ccccc1. The minimum absolute atomic E-state index is 0.0716. The van der Waals surface area contributed by atoms with Crippen molar-refractivity contribution >= 4 is 0 Å². The third-order valence-electron chi connectivity index (χ3n) is 3.45. The van der Waals surface area contributed by atoms with Crippen LogP contribution < -0.4 is 5.32 Å². The fourth-order valence-electron chi connectivity index (χ4n) is 2.38. The first-order valence-electron chi connectivity index (χ1n) is 7.12. The standard InChI is InChI=1S/C16H23N3O/c1-3-16-14(11-19(2)18-16)10-17-15(12-20)9-13-7-5-4-6-8-13/h4-8,11,15,17,20H,3,9-10,12H2,1-2H3. The summed E-state index contributed by atoms with van der Waals surface area (Å²) in [7, 11) is 1.94. The van der Waals surface area contributed by atoms with Gasteiger partial charge in [0.15, 0.2) is 0 Å². The third-order valence-corrected chi connectivity index (χ3v) is 3.45. The Morgan fingerprint density at radius 3 is 2.70 bits per heavy atom. The van der Waals surface area contributed by atoms with Gasteiger partial charge in [0.1, 0.15) is 0 Å². The van der Waals surface area contributed by atoms with Crippen LogP contribution >= 0.6 is 0 Å². The van der Waals surface area contributed by atoms with Crippen molar-refractivity contribution in [3.8, 4) is 0 Å². The molecule has 1 aromatic heterocycles. The van der Waals surface area contributed by atoms with Gasteiger partial charge in [0, 0.05) is 31.4 Å². The molecule has 1 unspecified atom stereocenters. The number of aryl methyl sites for hydroxylation is 2. The van der Waals surface area contributed by atoms with E-state index in [0.29, 0.717) is 0 Å². The Balaban J connectivity index is 1.93. The number of nitrogens with one attached hydrogen (secondary N) is 1. The van der Waals surface area contributed by atoms with Gasteiger partial charge in [-0.1, -0.05) is 37.3 Å². The summed E-state index contributed by atoms with van der Waals surface area (Å²) in [5.74, 6) is 0. The summed E-state index contributed by atoms with van der Waals surface area (Å²) < 4.78 is 1.85. The second-order valence-corrected chi connectivity index (χ2v) is 5.08. The summed E-state index contributed by atoms with van der Waals surface area (Å²) in [5, 5.41) is 17.4. The van der Waals surface area contributed by atoms with Crippen LogP contribution in [0.5, 0.6) is 0 Å². The van der Waals surface area contributed by atoms with Crippen molar-refractivity contribution in [1.82, 2.24) is 15.1 Å². The molecular weight excluding hydrogens is 250 g/mol. The smallest absolute Gasteiger partial charge is 0.0666 e. The molecule has 0 spiro atoms. The summed E-state index contributed by atoms with van der Waals surface area (Å²) in [6.45, 7) is 2.99. The van der Waals surface area contributed by atoms with Crippen LogP contribution in [-0.2, 0) is 26.4 Å². The number of hydrogen-bond donors (Lipinski definition) is 2. The van der Waals surface area contributed by atoms with Crippen LogP contribution in [0.15, 0.2) is 36.5 Å². The molecule has 2 rings (SSSR count). The molecule has 0 amide bonds. The lowest BCUT2D eigenvalue weighted by molar-refractivity contribution is 0.240. The second kappa shape index (κ2) is 7.22. The molecule has 2 aromatic rings. The van der Waals surface area contributed by atoms with E-state index in [1.807, 2.05) is 36.1 Å². The minimum Gasteiger partial charge on any atom is -0.395 e. The second-order valence-electron chi connectivity index (χ2n) is 5.08. The van der Waals surface area contributed by atoms with Crippen molar-refractivity contribution in [1.29, 1.82) is 0 Å². The van der Waals surface area contributed by atoms with E-state index in [9.17, 15) is 5.11 Å². The Labute approximate surface area is 120 Å². The van der Waals surface area contributed by atoms with E-state index < -0.39 is 0 Å². The summed E-state index contributed by atoms with van der Waals surface area (Å²) >= 11 is 0. The van der Waals surface area contributed by atoms with Gasteiger partial charge < -0.3 is 10.4 Å². The van der Waals surface area contributed by atoms with E-state index >= 15 is 0 Å². The zero-order valence-corrected chi connectivity index (χ0v) is 12.2. The van der Waals surface area contributed by atoms with E-state index in [-0.39, 0.29) is 12.6 Å². The number of hydrogen-bond acceptors (Lipinski definition) is 3. The first kappa shape index (κ1) is 14.8. The lowest BCUT2D eigenvalue weighted by atomic mass is 10.1. The molecule has 4 nitrogen and oxygen atoms in total. The highest BCUT2D eigenvalue weighted by Crippen LogP contribution is 2.08. The molecule has 0 fully saturated rings. The van der Waals surface area contributed by atoms with Gasteiger partial charge in [-0.2, -0.15) is 5.10 Å². The lowest BCUT2D eigenvalue weighted by Crippen LogP contribution is -2.34. The predicted octanol–water partition coefficient (Wildman–Crippen LogP) is 1.68. The van der Waals surface area contributed by atoms with Gasteiger partial charge in [-0.15, -0.1) is 0 Å². The Hall–Kier alpha value is -1.65. The molecule has 0 bridgehead atoms. The summed E-state index contributed by atoms with van der Waals surface area (Å²) in [6.07, 6.45) is 3.81. The van der Waals surface area contributed by atoms with E-state index in [1.165, 1.54) is 11.1 Å². The van der Waals surface area contributed by atoms with Gasteiger partial charge in [-0.25, -0.2) is 0 Å². The lowest BCUT2D eigenvalue weighted by Gasteiger charge is -2.16. The molecule has 0 aliphatic heterocycles. The van der Waals surface area contributed by atoms with Gasteiger partial charge in [-0.05, 0) is 18.4 Å². The topological polar surface area (TPSA) is 50.1 Å². The van der Waals surface area contributed by atoms with E-state index in [4.69, 9.17) is 0 Å². The van der Waals surface area contributed by atoms with Gasteiger partial charge >= 0.3 is 0 Å². The fraction of sp³-hybridized carbons (Fsp3) is 0.438. The average Bonchev–Trinajstić information content (AvgIpc) is 2.84. The molecule has 0 radical (unpaired) electrons. The first-order valence-corrected chi connectivity index (χ1v) is 7.12. The highest BCUT2D eigenvalue weighted by molar-refractivity contribution is 5.18. The number of aromatic nitrogens is 2. The summed E-state index contributed by atoms with van der Waals surface area (Å²) in [6, 6.07) is 10.3. The van der Waals surface area contributed by atoms with Crippen LogP contribution in [-0.4, -0.2) is 27.5 Å². The third kappa shape index (κ3) is 3.92. The normalized spacial score (nSPS) is 12.6. The largest absolute Gasteiger partial charge is 0.395 e. The predicted molar refractivity (Wildman–Crippen MR) is 80.4 cm³/mol. The molecule has 2 N–H and O–H groups in total. The molecule has 108 valence electrons. The number of aliphatic hydroxyl groups is 1. The maximum atomic E-state index is 9.51. The molecule has 4 heteroatoms. The van der Waals surface area contributed by atoms with Gasteiger partial charge in [0.05, 0.1) is 12.3 Å². The van der Waals surface area contributed by atoms with E-state index in [0.717, 1.165) is 25.1 Å². The number of aliphatic hydroxyl groups excluding tert-OH is 1. The molecule has 20 heavy (non-hydrogen) atoms. The van der Waals surface area contributed by atoms with Crippen molar-refractivity contribution in [2.45, 2.75) is 32.4 Å². The van der Waals surface area contributed by atoms with E-state index in [1.54, 1.807) is 0 Å². The molecule has 1 heterocycles. The van der Waals surface area contributed by atoms with Crippen LogP contribution in [0.4, 0.5) is 0 Å². The van der Waals surface area contributed by atoms with E-state index in [2.05, 4.69) is 29.5 Å². The van der Waals surface area contributed by atoms with Crippen LogP contribution in [0.1, 0.15) is 23.7 Å². The monoisotopic (exact) mass is 273 g/mol. The van der Waals surface area contributed by atoms with Gasteiger partial charge in [0.2, 0.25) is 0 Å². The molecule has 1 aromatic carbocycles. The summed E-state index contributed by atoms with van der Waals surface area (Å²) in [4.78, 5) is 0. The highest BCUT2D eigenvalue weighted by Gasteiger charge is 2.11. The van der Waals surface area contributed by atoms with Crippen molar-refractivity contribution in [2.24, 2.45) is 7.05 Å². The van der Waals surface area contributed by atoms with Crippen molar-refractivity contribution < 1.29 is 5.11 Å². The molecule has 0 aliphatic carbocycles. The van der Waals surface area contributed by atoms with Gasteiger partial charge in [-0.3, -0.25) is 4.68 Å². The van der Waals surface area contributed by atoms with Gasteiger partial charge in [0.25, 0.3) is 0 Å². The Morgan fingerprint density at radius 2 is 2.05 bits per heavy atom.